The molecule has 0 bridgehead atoms. The quantitative estimate of drug-likeness (QED) is 0.0222. The molecule has 0 saturated heterocycles. The molecule has 0 amide bonds. The van der Waals surface area contributed by atoms with Gasteiger partial charge in [0, 0.05) is 25.7 Å². The van der Waals surface area contributed by atoms with E-state index in [9.17, 15) is 43.2 Å². The van der Waals surface area contributed by atoms with Gasteiger partial charge in [0.25, 0.3) is 0 Å². The fraction of sp³-hybridized carbons (Fsp3) is 0.943. The highest BCUT2D eigenvalue weighted by molar-refractivity contribution is 7.47. The van der Waals surface area contributed by atoms with Crippen LogP contribution >= 0.6 is 15.6 Å². The third-order valence-corrected chi connectivity index (χ3v) is 18.0. The van der Waals surface area contributed by atoms with Crippen LogP contribution in [0.1, 0.15) is 344 Å². The third-order valence-electron chi connectivity index (χ3n) is 16.1. The minimum atomic E-state index is -4.95. The first kappa shape index (κ1) is 87.1. The van der Waals surface area contributed by atoms with E-state index in [-0.39, 0.29) is 25.7 Å². The standard InChI is InChI=1S/C70H136O17P2/c1-60(2)46-38-30-22-17-13-10-9-11-15-20-26-36-44-52-69(74)86-65(56-80-67(72)50-42-34-25-19-16-12-14-18-23-31-39-47-61(3)4)58-84-88(76,77)82-54-64(71)55-83-89(78,79)85-59-66(57-81-68(73)51-43-35-29-28-33-41-49-63(7)8)87-70(75)53-45-37-27-21-24-32-40-48-62(5)6/h60-66,71H,9-59H2,1-8H3,(H,76,77)(H,78,79)/t64-,65-,66-/m1/s1. The lowest BCUT2D eigenvalue weighted by Gasteiger charge is -2.21. The molecule has 2 unspecified atom stereocenters. The van der Waals surface area contributed by atoms with Crippen molar-refractivity contribution in [2.45, 2.75) is 363 Å². The van der Waals surface area contributed by atoms with Crippen LogP contribution in [0.3, 0.4) is 0 Å². The summed E-state index contributed by atoms with van der Waals surface area (Å²) >= 11 is 0. The van der Waals surface area contributed by atoms with Crippen LogP contribution in [0.2, 0.25) is 0 Å². The molecule has 0 aromatic rings. The molecule has 0 aliphatic carbocycles. The first-order valence-electron chi connectivity index (χ1n) is 36.2. The predicted octanol–water partition coefficient (Wildman–Crippen LogP) is 19.7. The van der Waals surface area contributed by atoms with Gasteiger partial charge in [0.05, 0.1) is 26.4 Å². The van der Waals surface area contributed by atoms with Gasteiger partial charge in [-0.2, -0.15) is 0 Å². The van der Waals surface area contributed by atoms with Crippen LogP contribution < -0.4 is 0 Å². The Hall–Kier alpha value is -1.94. The number of ether oxygens (including phenoxy) is 4. The van der Waals surface area contributed by atoms with Crippen molar-refractivity contribution in [3.63, 3.8) is 0 Å². The number of hydrogen-bond donors (Lipinski definition) is 3. The Morgan fingerprint density at radius 2 is 0.472 bits per heavy atom. The molecule has 5 atom stereocenters. The topological polar surface area (TPSA) is 237 Å². The van der Waals surface area contributed by atoms with Crippen LogP contribution in [0.15, 0.2) is 0 Å². The Kier molecular flexibility index (Phi) is 58.5. The number of carbonyl (C=O) groups excluding carboxylic acids is 4. The summed E-state index contributed by atoms with van der Waals surface area (Å²) in [5, 5.41) is 10.6. The van der Waals surface area contributed by atoms with Crippen molar-refractivity contribution < 1.29 is 80.2 Å². The van der Waals surface area contributed by atoms with E-state index < -0.39 is 97.5 Å². The summed E-state index contributed by atoms with van der Waals surface area (Å²) < 4.78 is 68.2. The van der Waals surface area contributed by atoms with Crippen molar-refractivity contribution in [1.29, 1.82) is 0 Å². The second-order valence-corrected chi connectivity index (χ2v) is 30.1. The molecule has 0 saturated carbocycles. The average molecular weight is 1310 g/mol. The number of rotatable bonds is 67. The summed E-state index contributed by atoms with van der Waals surface area (Å²) in [4.78, 5) is 72.5. The predicted molar refractivity (Wildman–Crippen MR) is 358 cm³/mol. The van der Waals surface area contributed by atoms with E-state index in [1.165, 1.54) is 141 Å². The minimum absolute atomic E-state index is 0.102. The van der Waals surface area contributed by atoms with Crippen LogP contribution in [0.25, 0.3) is 0 Å². The molecular formula is C70H136O17P2. The van der Waals surface area contributed by atoms with Crippen LogP contribution in [0.5, 0.6) is 0 Å². The zero-order valence-corrected chi connectivity index (χ0v) is 59.8. The fourth-order valence-electron chi connectivity index (χ4n) is 10.5. The van der Waals surface area contributed by atoms with Crippen LogP contribution in [0.4, 0.5) is 0 Å². The molecule has 3 N–H and O–H groups in total. The first-order valence-corrected chi connectivity index (χ1v) is 39.2. The van der Waals surface area contributed by atoms with Gasteiger partial charge in [0.2, 0.25) is 0 Å². The third kappa shape index (κ3) is 64.6. The minimum Gasteiger partial charge on any atom is -0.462 e. The number of phosphoric acid groups is 2. The Bertz CT molecular complexity index is 1760. The number of phosphoric ester groups is 2. The van der Waals surface area contributed by atoms with Crippen molar-refractivity contribution in [2.75, 3.05) is 39.6 Å². The summed E-state index contributed by atoms with van der Waals surface area (Å²) in [5.74, 6) is 0.800. The average Bonchev–Trinajstić information content (AvgIpc) is 3.68. The van der Waals surface area contributed by atoms with E-state index in [4.69, 9.17) is 37.0 Å². The monoisotopic (exact) mass is 1310 g/mol. The van der Waals surface area contributed by atoms with Gasteiger partial charge >= 0.3 is 39.5 Å². The normalized spacial score (nSPS) is 14.3. The molecule has 528 valence electrons. The molecule has 19 heteroatoms. The Morgan fingerprint density at radius 3 is 0.697 bits per heavy atom. The maximum atomic E-state index is 13.0. The molecule has 17 nitrogen and oxygen atoms in total. The van der Waals surface area contributed by atoms with Gasteiger partial charge in [-0.25, -0.2) is 9.13 Å². The fourth-order valence-corrected chi connectivity index (χ4v) is 12.1. The van der Waals surface area contributed by atoms with Gasteiger partial charge in [-0.15, -0.1) is 0 Å². The number of esters is 4. The molecule has 0 heterocycles. The largest absolute Gasteiger partial charge is 0.472 e. The van der Waals surface area contributed by atoms with Crippen LogP contribution in [-0.2, 0) is 65.4 Å². The van der Waals surface area contributed by atoms with Gasteiger partial charge < -0.3 is 33.8 Å². The number of carbonyl (C=O) groups is 4. The van der Waals surface area contributed by atoms with Crippen molar-refractivity contribution in [2.24, 2.45) is 23.7 Å². The molecule has 89 heavy (non-hydrogen) atoms. The number of aliphatic hydroxyl groups excluding tert-OH is 1. The van der Waals surface area contributed by atoms with E-state index in [1.54, 1.807) is 0 Å². The van der Waals surface area contributed by atoms with Crippen LogP contribution in [0, 0.1) is 23.7 Å². The second kappa shape index (κ2) is 59.8. The van der Waals surface area contributed by atoms with Gasteiger partial charge in [0.1, 0.15) is 19.3 Å². The molecule has 0 aliphatic rings. The summed E-state index contributed by atoms with van der Waals surface area (Å²) in [7, 11) is -9.90. The SMILES string of the molecule is CC(C)CCCCCCCCCCCCCCCC(=O)O[C@H](COC(=O)CCCCCCCCCCCCCC(C)C)COP(=O)(O)OC[C@@H](O)COP(=O)(O)OC[C@@H](COC(=O)CCCCCCCCC(C)C)OC(=O)CCCCCCCCCC(C)C. The van der Waals surface area contributed by atoms with E-state index in [1.807, 2.05) is 0 Å². The number of unbranched alkanes of at least 4 members (excludes halogenated alkanes) is 33. The second-order valence-electron chi connectivity index (χ2n) is 27.2. The summed E-state index contributed by atoms with van der Waals surface area (Å²) in [6.45, 7) is 14.0. The molecule has 0 radical (unpaired) electrons. The summed E-state index contributed by atoms with van der Waals surface area (Å²) in [6, 6.07) is 0. The molecule has 0 spiro atoms. The van der Waals surface area contributed by atoms with Crippen molar-refractivity contribution in [3.05, 3.63) is 0 Å². The Morgan fingerprint density at radius 1 is 0.281 bits per heavy atom. The lowest BCUT2D eigenvalue weighted by atomic mass is 10.0. The summed E-state index contributed by atoms with van der Waals surface area (Å²) in [6.07, 6.45) is 41.9. The molecule has 0 aliphatic heterocycles. The first-order chi connectivity index (χ1) is 42.6. The molecule has 0 rings (SSSR count). The maximum absolute atomic E-state index is 13.0. The number of hydrogen-bond acceptors (Lipinski definition) is 15. The van der Waals surface area contributed by atoms with Crippen molar-refractivity contribution in [3.8, 4) is 0 Å². The molecule has 0 aromatic carbocycles. The Labute approximate surface area is 543 Å². The lowest BCUT2D eigenvalue weighted by Crippen LogP contribution is -2.30. The maximum Gasteiger partial charge on any atom is 0.472 e. The van der Waals surface area contributed by atoms with E-state index in [0.717, 1.165) is 108 Å². The van der Waals surface area contributed by atoms with E-state index in [2.05, 4.69) is 55.4 Å². The number of aliphatic hydroxyl groups is 1. The molecule has 0 aromatic heterocycles. The lowest BCUT2D eigenvalue weighted by molar-refractivity contribution is -0.161. The smallest absolute Gasteiger partial charge is 0.462 e. The molecule has 0 fully saturated rings. The zero-order valence-electron chi connectivity index (χ0n) is 58.1. The highest BCUT2D eigenvalue weighted by Gasteiger charge is 2.30. The van der Waals surface area contributed by atoms with Gasteiger partial charge in [-0.3, -0.25) is 37.3 Å². The van der Waals surface area contributed by atoms with E-state index in [0.29, 0.717) is 37.5 Å². The zero-order chi connectivity index (χ0) is 66.1. The van der Waals surface area contributed by atoms with Gasteiger partial charge in [0.15, 0.2) is 12.2 Å². The molecular weight excluding hydrogens is 1170 g/mol. The van der Waals surface area contributed by atoms with Gasteiger partial charge in [-0.1, -0.05) is 293 Å². The Balaban J connectivity index is 5.24. The highest BCUT2D eigenvalue weighted by Crippen LogP contribution is 2.45. The highest BCUT2D eigenvalue weighted by atomic mass is 31.2. The van der Waals surface area contributed by atoms with E-state index >= 15 is 0 Å². The van der Waals surface area contributed by atoms with Crippen molar-refractivity contribution in [1.82, 2.24) is 0 Å². The van der Waals surface area contributed by atoms with Gasteiger partial charge in [-0.05, 0) is 49.4 Å². The van der Waals surface area contributed by atoms with Crippen LogP contribution in [-0.4, -0.2) is 96.7 Å². The summed E-state index contributed by atoms with van der Waals surface area (Å²) in [5.41, 5.74) is 0. The van der Waals surface area contributed by atoms with Crippen molar-refractivity contribution >= 4 is 39.5 Å².